The maximum absolute atomic E-state index is 8.00. The summed E-state index contributed by atoms with van der Waals surface area (Å²) in [4.78, 5) is 12.6. The van der Waals surface area contributed by atoms with Crippen LogP contribution in [-0.4, -0.2) is 13.4 Å². The maximum atomic E-state index is 8.00. The molecule has 2 rings (SSSR count). The van der Waals surface area contributed by atoms with Gasteiger partial charge in [-0.15, -0.1) is 0 Å². The minimum absolute atomic E-state index is 0.586. The molecule has 0 amide bonds. The lowest BCUT2D eigenvalue weighted by molar-refractivity contribution is -0.0979. The van der Waals surface area contributed by atoms with E-state index in [0.29, 0.717) is 5.75 Å². The van der Waals surface area contributed by atoms with Gasteiger partial charge in [0.25, 0.3) is 0 Å². The van der Waals surface area contributed by atoms with Gasteiger partial charge in [-0.3, -0.25) is 0 Å². The number of carbonyl (C=O) groups is 1. The third-order valence-electron chi connectivity index (χ3n) is 2.86. The zero-order valence-electron chi connectivity index (χ0n) is 13.1. The Morgan fingerprint density at radius 1 is 0.913 bits per heavy atom. The fourth-order valence-corrected chi connectivity index (χ4v) is 1.65. The van der Waals surface area contributed by atoms with Gasteiger partial charge in [-0.05, 0) is 55.0 Å². The van der Waals surface area contributed by atoms with Crippen LogP contribution in [0.15, 0.2) is 58.8 Å². The van der Waals surface area contributed by atoms with Crippen LogP contribution in [0.4, 0.5) is 11.4 Å². The molecule has 0 radical (unpaired) electrons. The van der Waals surface area contributed by atoms with Crippen LogP contribution in [0.3, 0.4) is 0 Å². The number of nitrogens with zero attached hydrogens (tertiary/aromatic N) is 2. The van der Waals surface area contributed by atoms with Crippen LogP contribution in [0.25, 0.3) is 0 Å². The highest BCUT2D eigenvalue weighted by molar-refractivity contribution is 5.44. The third kappa shape index (κ3) is 6.71. The number of rotatable bonds is 7. The van der Waals surface area contributed by atoms with E-state index < -0.39 is 0 Å². The molecule has 2 N–H and O–H groups in total. The number of hydrogen-bond donors (Lipinski definition) is 1. The largest absolute Gasteiger partial charge is 0.494 e. The van der Waals surface area contributed by atoms with Crippen LogP contribution in [0, 0.1) is 0 Å². The lowest BCUT2D eigenvalue weighted by Crippen LogP contribution is -2.00. The second-order valence-corrected chi connectivity index (χ2v) is 4.51. The molecule has 0 unspecified atom stereocenters. The van der Waals surface area contributed by atoms with E-state index in [-0.39, 0.29) is 0 Å². The molecule has 2 aromatic rings. The summed E-state index contributed by atoms with van der Waals surface area (Å²) in [6.07, 6.45) is 2.18. The van der Waals surface area contributed by atoms with Gasteiger partial charge in [0.1, 0.15) is 18.3 Å². The second kappa shape index (κ2) is 10.9. The third-order valence-corrected chi connectivity index (χ3v) is 2.86. The Labute approximate surface area is 135 Å². The molecule has 0 atom stereocenters. The van der Waals surface area contributed by atoms with E-state index in [1.807, 2.05) is 31.1 Å². The molecule has 0 bridgehead atoms. The van der Waals surface area contributed by atoms with Crippen molar-refractivity contribution < 1.29 is 14.4 Å². The van der Waals surface area contributed by atoms with E-state index in [1.165, 1.54) is 0 Å². The maximum Gasteiger partial charge on any atom is 0.146 e. The molecule has 0 saturated heterocycles. The summed E-state index contributed by atoms with van der Waals surface area (Å²) < 4.78 is 5.59. The monoisotopic (exact) mass is 315 g/mol. The highest BCUT2D eigenvalue weighted by Gasteiger charge is 1.96. The minimum atomic E-state index is 0.586. The standard InChI is InChI=1S/C16H19N3O2.CH2O/c1-2-3-12-20-15-8-4-13(5-9-15)18-19-14-6-10-16(21-17)11-7-14;1-2/h4-11H,2-3,12,17H2,1H3;1H2. The van der Waals surface area contributed by atoms with Crippen molar-refractivity contribution in [3.8, 4) is 11.5 Å². The average Bonchev–Trinajstić information content (AvgIpc) is 2.63. The number of unbranched alkanes of at least 4 members (excludes halogenated alkanes) is 1. The van der Waals surface area contributed by atoms with Gasteiger partial charge in [-0.2, -0.15) is 16.1 Å². The Balaban J connectivity index is 0.00000127. The summed E-state index contributed by atoms with van der Waals surface area (Å²) in [7, 11) is 0. The van der Waals surface area contributed by atoms with Crippen molar-refractivity contribution in [3.63, 3.8) is 0 Å². The topological polar surface area (TPSA) is 86.3 Å². The van der Waals surface area contributed by atoms with E-state index in [1.54, 1.807) is 24.3 Å². The molecule has 0 aromatic heterocycles. The Hall–Kier alpha value is -2.73. The van der Waals surface area contributed by atoms with Gasteiger partial charge >= 0.3 is 0 Å². The first kappa shape index (κ1) is 18.3. The van der Waals surface area contributed by atoms with Crippen LogP contribution >= 0.6 is 0 Å². The molecule has 0 aliphatic heterocycles. The van der Waals surface area contributed by atoms with Crippen molar-refractivity contribution >= 4 is 18.2 Å². The number of nitrogens with two attached hydrogens (primary N) is 1. The van der Waals surface area contributed by atoms with Crippen molar-refractivity contribution in [2.45, 2.75) is 19.8 Å². The number of benzene rings is 2. The summed E-state index contributed by atoms with van der Waals surface area (Å²) in [5, 5.41) is 8.31. The molecule has 0 fully saturated rings. The van der Waals surface area contributed by atoms with Gasteiger partial charge < -0.3 is 14.4 Å². The Morgan fingerprint density at radius 3 is 1.83 bits per heavy atom. The number of azo groups is 1. The van der Waals surface area contributed by atoms with Crippen molar-refractivity contribution in [2.24, 2.45) is 16.1 Å². The van der Waals surface area contributed by atoms with Crippen LogP contribution in [0.1, 0.15) is 19.8 Å². The average molecular weight is 315 g/mol. The Kier molecular flexibility index (Phi) is 8.70. The lowest BCUT2D eigenvalue weighted by Gasteiger charge is -2.04. The molecule has 0 aliphatic carbocycles. The zero-order valence-corrected chi connectivity index (χ0v) is 13.1. The van der Waals surface area contributed by atoms with Crippen LogP contribution in [0.2, 0.25) is 0 Å². The predicted molar refractivity (Wildman–Crippen MR) is 89.4 cm³/mol. The van der Waals surface area contributed by atoms with E-state index >= 15 is 0 Å². The molecule has 122 valence electrons. The van der Waals surface area contributed by atoms with Gasteiger partial charge in [-0.25, -0.2) is 0 Å². The van der Waals surface area contributed by atoms with E-state index in [2.05, 4.69) is 22.0 Å². The first-order valence-corrected chi connectivity index (χ1v) is 7.22. The summed E-state index contributed by atoms with van der Waals surface area (Å²) in [5.74, 6) is 6.50. The minimum Gasteiger partial charge on any atom is -0.494 e. The summed E-state index contributed by atoms with van der Waals surface area (Å²) >= 11 is 0. The van der Waals surface area contributed by atoms with Crippen LogP contribution in [-0.2, 0) is 4.79 Å². The zero-order chi connectivity index (χ0) is 16.9. The van der Waals surface area contributed by atoms with Crippen molar-refractivity contribution in [3.05, 3.63) is 48.5 Å². The first-order valence-electron chi connectivity index (χ1n) is 7.22. The summed E-state index contributed by atoms with van der Waals surface area (Å²) in [6.45, 7) is 4.88. The van der Waals surface area contributed by atoms with Crippen molar-refractivity contribution in [1.29, 1.82) is 0 Å². The summed E-state index contributed by atoms with van der Waals surface area (Å²) in [6, 6.07) is 14.6. The fraction of sp³-hybridized carbons (Fsp3) is 0.235. The highest BCUT2D eigenvalue weighted by atomic mass is 16.6. The molecular weight excluding hydrogens is 294 g/mol. The Bertz CT molecular complexity index is 583. The quantitative estimate of drug-likeness (QED) is 0.467. The molecular formula is C17H21N3O3. The molecule has 0 spiro atoms. The molecule has 0 heterocycles. The fourth-order valence-electron chi connectivity index (χ4n) is 1.65. The first-order chi connectivity index (χ1) is 11.3. The molecule has 0 saturated carbocycles. The normalized spacial score (nSPS) is 10.0. The number of hydrogen-bond acceptors (Lipinski definition) is 6. The van der Waals surface area contributed by atoms with E-state index in [0.717, 1.165) is 36.6 Å². The van der Waals surface area contributed by atoms with Gasteiger partial charge in [0, 0.05) is 0 Å². The van der Waals surface area contributed by atoms with Crippen LogP contribution in [0.5, 0.6) is 11.5 Å². The highest BCUT2D eigenvalue weighted by Crippen LogP contribution is 2.22. The summed E-state index contributed by atoms with van der Waals surface area (Å²) in [5.41, 5.74) is 1.51. The Morgan fingerprint density at radius 2 is 1.39 bits per heavy atom. The molecule has 23 heavy (non-hydrogen) atoms. The predicted octanol–water partition coefficient (Wildman–Crippen LogP) is 4.35. The smallest absolute Gasteiger partial charge is 0.146 e. The molecule has 0 aliphatic rings. The number of ether oxygens (including phenoxy) is 1. The van der Waals surface area contributed by atoms with Crippen LogP contribution < -0.4 is 15.5 Å². The van der Waals surface area contributed by atoms with Crippen molar-refractivity contribution in [2.75, 3.05) is 6.61 Å². The van der Waals surface area contributed by atoms with E-state index in [9.17, 15) is 0 Å². The van der Waals surface area contributed by atoms with Gasteiger partial charge in [-0.1, -0.05) is 13.3 Å². The van der Waals surface area contributed by atoms with E-state index in [4.69, 9.17) is 15.4 Å². The van der Waals surface area contributed by atoms with Gasteiger partial charge in [0.15, 0.2) is 0 Å². The number of carbonyl (C=O) groups excluding carboxylic acids is 1. The lowest BCUT2D eigenvalue weighted by atomic mass is 10.3. The molecule has 6 nitrogen and oxygen atoms in total. The van der Waals surface area contributed by atoms with Gasteiger partial charge in [0.05, 0.1) is 18.0 Å². The SMILES string of the molecule is C=O.CCCCOc1ccc(N=Nc2ccc(ON)cc2)cc1. The molecule has 2 aromatic carbocycles. The second-order valence-electron chi connectivity index (χ2n) is 4.51. The van der Waals surface area contributed by atoms with Gasteiger partial charge in [0.2, 0.25) is 0 Å². The van der Waals surface area contributed by atoms with Crippen molar-refractivity contribution in [1.82, 2.24) is 0 Å². The molecule has 6 heteroatoms.